The second kappa shape index (κ2) is 14.1. The maximum atomic E-state index is 3.46. The molecule has 0 aliphatic heterocycles. The van der Waals surface area contributed by atoms with Crippen LogP contribution in [0.2, 0.25) is 0 Å². The maximum absolute atomic E-state index is 3.46. The average molecular weight is 627 g/mol. The Morgan fingerprint density at radius 2 is 1.47 bits per heavy atom. The van der Waals surface area contributed by atoms with Gasteiger partial charge < -0.3 is 0 Å². The Balaban J connectivity index is 0.000000202. The monoisotopic (exact) mass is 628 g/mol. The molecule has 0 saturated carbocycles. The second-order valence-electron chi connectivity index (χ2n) is 8.21. The molecule has 5 aromatic rings. The van der Waals surface area contributed by atoms with Gasteiger partial charge in [-0.15, -0.1) is 82.8 Å². The van der Waals surface area contributed by atoms with E-state index in [9.17, 15) is 0 Å². The molecule has 2 heteroatoms. The van der Waals surface area contributed by atoms with Gasteiger partial charge in [-0.2, -0.15) is 12.1 Å². The summed E-state index contributed by atoms with van der Waals surface area (Å²) in [6.07, 6.45) is 5.58. The zero-order chi connectivity index (χ0) is 23.6. The summed E-state index contributed by atoms with van der Waals surface area (Å²) in [5, 5.41) is 6.95. The maximum Gasteiger partial charge on any atom is 0 e. The van der Waals surface area contributed by atoms with Crippen LogP contribution >= 0.6 is 7.92 Å². The molecule has 0 aliphatic carbocycles. The minimum atomic E-state index is 0. The van der Waals surface area contributed by atoms with Crippen LogP contribution in [0.4, 0.5) is 0 Å². The molecule has 0 bridgehead atoms. The van der Waals surface area contributed by atoms with Crippen LogP contribution < -0.4 is 5.30 Å². The summed E-state index contributed by atoms with van der Waals surface area (Å²) in [7, 11) is 0.0576. The molecule has 5 aromatic carbocycles. The minimum Gasteiger partial charge on any atom is -0.165 e. The fourth-order valence-corrected chi connectivity index (χ4v) is 4.58. The predicted molar refractivity (Wildman–Crippen MR) is 153 cm³/mol. The van der Waals surface area contributed by atoms with Gasteiger partial charge in [0.25, 0.3) is 0 Å². The van der Waals surface area contributed by atoms with Gasteiger partial charge in [0.15, 0.2) is 0 Å². The second-order valence-corrected chi connectivity index (χ2v) is 10.5. The van der Waals surface area contributed by atoms with Gasteiger partial charge in [0.05, 0.1) is 0 Å². The van der Waals surface area contributed by atoms with Gasteiger partial charge in [-0.25, -0.2) is 0 Å². The Bertz CT molecular complexity index is 1290. The van der Waals surface area contributed by atoms with E-state index < -0.39 is 0 Å². The van der Waals surface area contributed by atoms with E-state index in [2.05, 4.69) is 124 Å². The summed E-state index contributed by atoms with van der Waals surface area (Å²) < 4.78 is 0. The van der Waals surface area contributed by atoms with E-state index in [0.717, 1.165) is 0 Å². The third kappa shape index (κ3) is 7.59. The first-order valence-electron chi connectivity index (χ1n) is 11.3. The molecular weight excluding hydrogens is 594 g/mol. The number of rotatable bonds is 3. The standard InChI is InChI=1S/C16H13.C11H12P.C5H8.Hf/c1-12-10-14-8-5-9-15(16(14)11-12)13-6-3-2-4-7-13;1-12(2)11-7-9-5-3-4-6-10(9)8-11;1-3-5-4-2;/h2-11H,1H3;3-8H,1-2H3;3-5H,1H2,2H3;/q2*-1;;. The normalized spacial score (nSPS) is 10.4. The van der Waals surface area contributed by atoms with Crippen LogP contribution in [0.15, 0.2) is 122 Å². The summed E-state index contributed by atoms with van der Waals surface area (Å²) >= 11 is 0. The quantitative estimate of drug-likeness (QED) is 0.0811. The molecule has 5 rings (SSSR count). The Hall–Kier alpha value is -2.34. The molecular formula is C32H33HfP-2. The summed E-state index contributed by atoms with van der Waals surface area (Å²) in [5.41, 5.74) is 3.95. The summed E-state index contributed by atoms with van der Waals surface area (Å²) in [4.78, 5) is 0. The molecule has 0 radical (unpaired) electrons. The summed E-state index contributed by atoms with van der Waals surface area (Å²) in [6.45, 7) is 12.2. The summed E-state index contributed by atoms with van der Waals surface area (Å²) in [5.74, 6) is 0. The van der Waals surface area contributed by atoms with Gasteiger partial charge in [0.2, 0.25) is 0 Å². The van der Waals surface area contributed by atoms with Crippen LogP contribution in [-0.4, -0.2) is 13.3 Å². The molecule has 0 heterocycles. The van der Waals surface area contributed by atoms with Crippen molar-refractivity contribution in [3.63, 3.8) is 0 Å². The average Bonchev–Trinajstić information content (AvgIpc) is 3.44. The van der Waals surface area contributed by atoms with E-state index >= 15 is 0 Å². The summed E-state index contributed by atoms with van der Waals surface area (Å²) in [6, 6.07) is 34.7. The molecule has 0 fully saturated rings. The molecule has 34 heavy (non-hydrogen) atoms. The molecule has 0 unspecified atom stereocenters. The zero-order valence-electron chi connectivity index (χ0n) is 20.6. The fourth-order valence-electron chi connectivity index (χ4n) is 3.78. The number of hydrogen-bond acceptors (Lipinski definition) is 0. The van der Waals surface area contributed by atoms with Gasteiger partial charge in [-0.3, -0.25) is 0 Å². The van der Waals surface area contributed by atoms with Crippen LogP contribution in [0.1, 0.15) is 12.5 Å². The van der Waals surface area contributed by atoms with Crippen molar-refractivity contribution in [2.24, 2.45) is 0 Å². The van der Waals surface area contributed by atoms with Crippen LogP contribution in [0.3, 0.4) is 0 Å². The zero-order valence-corrected chi connectivity index (χ0v) is 25.1. The van der Waals surface area contributed by atoms with Crippen molar-refractivity contribution in [2.45, 2.75) is 13.8 Å². The first-order chi connectivity index (χ1) is 16.0. The molecule has 0 saturated heterocycles. The third-order valence-electron chi connectivity index (χ3n) is 5.43. The van der Waals surface area contributed by atoms with E-state index in [0.29, 0.717) is 0 Å². The van der Waals surface area contributed by atoms with Gasteiger partial charge >= 0.3 is 0 Å². The van der Waals surface area contributed by atoms with E-state index in [1.54, 1.807) is 6.08 Å². The molecule has 0 spiro atoms. The van der Waals surface area contributed by atoms with E-state index in [4.69, 9.17) is 0 Å². The van der Waals surface area contributed by atoms with Crippen LogP contribution in [0.5, 0.6) is 0 Å². The Morgan fingerprint density at radius 1 is 0.794 bits per heavy atom. The van der Waals surface area contributed by atoms with Crippen LogP contribution in [0, 0.1) is 6.92 Å². The SMILES string of the molecule is C=CC=CC.CP(C)c1cc2ccccc2[cH-]1.Cc1cc2c(-c3ccccc3)cccc2[cH-]1.[Hf]. The van der Waals surface area contributed by atoms with Crippen LogP contribution in [-0.2, 0) is 25.8 Å². The predicted octanol–water partition coefficient (Wildman–Crippen LogP) is 9.21. The Labute approximate surface area is 225 Å². The molecule has 172 valence electrons. The molecule has 0 aliphatic rings. The van der Waals surface area contributed by atoms with Crippen LogP contribution in [0.25, 0.3) is 32.7 Å². The largest absolute Gasteiger partial charge is 0.165 e. The molecule has 0 aromatic heterocycles. The van der Waals surface area contributed by atoms with E-state index in [-0.39, 0.29) is 33.8 Å². The first-order valence-corrected chi connectivity index (χ1v) is 13.5. The molecule has 0 atom stereocenters. The van der Waals surface area contributed by atoms with Crippen molar-refractivity contribution >= 4 is 34.8 Å². The van der Waals surface area contributed by atoms with Crippen molar-refractivity contribution in [3.05, 3.63) is 127 Å². The number of hydrogen-bond donors (Lipinski definition) is 0. The Kier molecular flexibility index (Phi) is 11.6. The number of allylic oxidation sites excluding steroid dienone is 3. The number of benzene rings is 3. The van der Waals surface area contributed by atoms with Gasteiger partial charge in [0, 0.05) is 25.8 Å². The first kappa shape index (κ1) is 27.9. The van der Waals surface area contributed by atoms with Crippen molar-refractivity contribution in [1.82, 2.24) is 0 Å². The fraction of sp³-hybridized carbons (Fsp3) is 0.125. The topological polar surface area (TPSA) is 0 Å². The van der Waals surface area contributed by atoms with Gasteiger partial charge in [-0.05, 0) is 25.8 Å². The van der Waals surface area contributed by atoms with Gasteiger partial charge in [-0.1, -0.05) is 79.8 Å². The molecule has 0 amide bonds. The number of aryl methyl sites for hydroxylation is 1. The van der Waals surface area contributed by atoms with Crippen molar-refractivity contribution in [2.75, 3.05) is 13.3 Å². The molecule has 0 N–H and O–H groups in total. The van der Waals surface area contributed by atoms with Crippen molar-refractivity contribution in [3.8, 4) is 11.1 Å². The van der Waals surface area contributed by atoms with Gasteiger partial charge in [0.1, 0.15) is 0 Å². The van der Waals surface area contributed by atoms with Crippen molar-refractivity contribution < 1.29 is 25.8 Å². The molecule has 0 nitrogen and oxygen atoms in total. The van der Waals surface area contributed by atoms with Crippen molar-refractivity contribution in [1.29, 1.82) is 0 Å². The smallest absolute Gasteiger partial charge is 0 e. The number of fused-ring (bicyclic) bond motifs is 2. The van der Waals surface area contributed by atoms with E-state index in [1.807, 2.05) is 19.1 Å². The van der Waals surface area contributed by atoms with E-state index in [1.165, 1.54) is 43.5 Å². The third-order valence-corrected chi connectivity index (χ3v) is 6.72. The Morgan fingerprint density at radius 3 is 2.09 bits per heavy atom. The minimum absolute atomic E-state index is 0.